The van der Waals surface area contributed by atoms with Crippen molar-refractivity contribution in [1.29, 1.82) is 0 Å². The number of benzene rings is 2. The first kappa shape index (κ1) is 12.0. The molecule has 0 nitrogen and oxygen atoms in total. The van der Waals surface area contributed by atoms with Crippen LogP contribution in [0.5, 0.6) is 0 Å². The molecule has 1 aliphatic rings. The van der Waals surface area contributed by atoms with E-state index in [0.717, 1.165) is 12.2 Å². The summed E-state index contributed by atoms with van der Waals surface area (Å²) in [4.78, 5) is 0. The van der Waals surface area contributed by atoms with Crippen LogP contribution in [0.3, 0.4) is 0 Å². The fraction of sp³-hybridized carbons (Fsp3) is 0.125. The van der Waals surface area contributed by atoms with Crippen LogP contribution in [0.1, 0.15) is 11.1 Å². The van der Waals surface area contributed by atoms with E-state index in [0.29, 0.717) is 0 Å². The van der Waals surface area contributed by atoms with Crippen LogP contribution in [0, 0.1) is 0 Å². The van der Waals surface area contributed by atoms with E-state index >= 15 is 0 Å². The zero-order valence-electron chi connectivity index (χ0n) is 9.76. The van der Waals surface area contributed by atoms with Crippen LogP contribution in [0.4, 0.5) is 0 Å². The van der Waals surface area contributed by atoms with Crippen molar-refractivity contribution in [3.8, 4) is 11.1 Å². The van der Waals surface area contributed by atoms with Gasteiger partial charge in [0.1, 0.15) is 0 Å². The van der Waals surface area contributed by atoms with Gasteiger partial charge in [-0.05, 0) is 28.7 Å². The third kappa shape index (κ3) is 2.62. The van der Waals surface area contributed by atoms with Gasteiger partial charge in [-0.1, -0.05) is 54.6 Å². The maximum Gasteiger partial charge on any atom is 0.00799 e. The average Bonchev–Trinajstić information content (AvgIpc) is 2.77. The maximum absolute atomic E-state index is 3.80. The minimum absolute atomic E-state index is 0.778. The predicted molar refractivity (Wildman–Crippen MR) is 78.7 cm³/mol. The molecular weight excluding hydrogens is 224 g/mol. The van der Waals surface area contributed by atoms with Crippen molar-refractivity contribution in [2.75, 3.05) is 5.75 Å². The standard InChI is InChI=1S/C13H10.C3H6S/c1-3-7-12-10(5-1)9-11-6-2-4-8-13(11)12;1-2-3-4/h1-8H,9H2;2,4H,1,3H2. The van der Waals surface area contributed by atoms with Gasteiger partial charge in [0.25, 0.3) is 0 Å². The van der Waals surface area contributed by atoms with Crippen LogP contribution in [-0.2, 0) is 6.42 Å². The molecule has 2 aromatic rings. The first-order valence-corrected chi connectivity index (χ1v) is 6.38. The fourth-order valence-corrected chi connectivity index (χ4v) is 2.08. The molecule has 0 saturated carbocycles. The number of rotatable bonds is 1. The second kappa shape index (κ2) is 5.74. The fourth-order valence-electron chi connectivity index (χ4n) is 2.08. The summed E-state index contributed by atoms with van der Waals surface area (Å²) < 4.78 is 0. The van der Waals surface area contributed by atoms with Crippen molar-refractivity contribution in [2.45, 2.75) is 6.42 Å². The van der Waals surface area contributed by atoms with E-state index in [1.807, 2.05) is 0 Å². The molecule has 0 amide bonds. The monoisotopic (exact) mass is 240 g/mol. The van der Waals surface area contributed by atoms with Crippen LogP contribution >= 0.6 is 12.6 Å². The molecule has 0 bridgehead atoms. The van der Waals surface area contributed by atoms with E-state index in [1.165, 1.54) is 22.3 Å². The molecule has 0 saturated heterocycles. The molecule has 1 heteroatoms. The molecule has 0 spiro atoms. The molecule has 0 radical (unpaired) electrons. The molecule has 0 N–H and O–H groups in total. The van der Waals surface area contributed by atoms with Gasteiger partial charge in [-0.15, -0.1) is 6.58 Å². The molecule has 0 heterocycles. The summed E-state index contributed by atoms with van der Waals surface area (Å²) in [6, 6.07) is 17.3. The van der Waals surface area contributed by atoms with Crippen LogP contribution < -0.4 is 0 Å². The van der Waals surface area contributed by atoms with E-state index in [4.69, 9.17) is 0 Å². The Morgan fingerprint density at radius 3 is 1.76 bits per heavy atom. The van der Waals surface area contributed by atoms with E-state index < -0.39 is 0 Å². The van der Waals surface area contributed by atoms with Gasteiger partial charge < -0.3 is 0 Å². The van der Waals surface area contributed by atoms with E-state index in [-0.39, 0.29) is 0 Å². The van der Waals surface area contributed by atoms with Crippen molar-refractivity contribution < 1.29 is 0 Å². The Labute approximate surface area is 108 Å². The minimum Gasteiger partial charge on any atom is -0.175 e. The van der Waals surface area contributed by atoms with Crippen molar-refractivity contribution in [3.63, 3.8) is 0 Å². The largest absolute Gasteiger partial charge is 0.175 e. The second-order valence-corrected chi connectivity index (χ2v) is 4.33. The quantitative estimate of drug-likeness (QED) is 0.474. The molecule has 0 aliphatic heterocycles. The number of hydrogen-bond acceptors (Lipinski definition) is 1. The van der Waals surface area contributed by atoms with Gasteiger partial charge in [0.2, 0.25) is 0 Å². The lowest BCUT2D eigenvalue weighted by atomic mass is 10.1. The minimum atomic E-state index is 0.778. The number of thiol groups is 1. The normalized spacial score (nSPS) is 10.9. The van der Waals surface area contributed by atoms with Crippen LogP contribution in [0.2, 0.25) is 0 Å². The first-order chi connectivity index (χ1) is 8.36. The summed E-state index contributed by atoms with van der Waals surface area (Å²) in [5.41, 5.74) is 5.75. The Hall–Kier alpha value is -1.47. The topological polar surface area (TPSA) is 0 Å². The van der Waals surface area contributed by atoms with Gasteiger partial charge in [0.15, 0.2) is 0 Å². The smallest absolute Gasteiger partial charge is 0.00799 e. The zero-order valence-corrected chi connectivity index (χ0v) is 10.7. The Balaban J connectivity index is 0.000000239. The highest BCUT2D eigenvalue weighted by atomic mass is 32.1. The van der Waals surface area contributed by atoms with Crippen LogP contribution in [0.25, 0.3) is 11.1 Å². The average molecular weight is 240 g/mol. The Morgan fingerprint density at radius 2 is 1.35 bits per heavy atom. The molecule has 0 fully saturated rings. The van der Waals surface area contributed by atoms with Gasteiger partial charge in [-0.25, -0.2) is 0 Å². The summed E-state index contributed by atoms with van der Waals surface area (Å²) in [6.45, 7) is 3.40. The van der Waals surface area contributed by atoms with Gasteiger partial charge in [-0.3, -0.25) is 0 Å². The highest BCUT2D eigenvalue weighted by Crippen LogP contribution is 2.35. The molecular formula is C16H16S. The lowest BCUT2D eigenvalue weighted by Crippen LogP contribution is -1.77. The van der Waals surface area contributed by atoms with E-state index in [1.54, 1.807) is 6.08 Å². The Kier molecular flexibility index (Phi) is 4.05. The summed E-state index contributed by atoms with van der Waals surface area (Å²) in [6.07, 6.45) is 2.84. The molecule has 0 atom stereocenters. The predicted octanol–water partition coefficient (Wildman–Crippen LogP) is 4.36. The summed E-state index contributed by atoms with van der Waals surface area (Å²) in [5.74, 6) is 0.778. The summed E-state index contributed by atoms with van der Waals surface area (Å²) in [5, 5.41) is 0. The van der Waals surface area contributed by atoms with Gasteiger partial charge in [-0.2, -0.15) is 12.6 Å². The molecule has 1 aliphatic carbocycles. The van der Waals surface area contributed by atoms with Crippen molar-refractivity contribution >= 4 is 12.6 Å². The lowest BCUT2D eigenvalue weighted by molar-refractivity contribution is 1.26. The molecule has 2 aromatic carbocycles. The van der Waals surface area contributed by atoms with Gasteiger partial charge >= 0.3 is 0 Å². The van der Waals surface area contributed by atoms with Crippen LogP contribution in [0.15, 0.2) is 61.2 Å². The summed E-state index contributed by atoms with van der Waals surface area (Å²) >= 11 is 3.80. The SMILES string of the molecule is C=CCS.c1ccc2c(c1)Cc1ccccc1-2. The highest BCUT2D eigenvalue weighted by Gasteiger charge is 2.15. The Bertz CT molecular complexity index is 471. The zero-order chi connectivity index (χ0) is 12.1. The third-order valence-corrected chi connectivity index (χ3v) is 3.09. The second-order valence-electron chi connectivity index (χ2n) is 3.96. The molecule has 86 valence electrons. The van der Waals surface area contributed by atoms with Crippen molar-refractivity contribution in [1.82, 2.24) is 0 Å². The maximum atomic E-state index is 3.80. The molecule has 3 rings (SSSR count). The van der Waals surface area contributed by atoms with Crippen LogP contribution in [-0.4, -0.2) is 5.75 Å². The van der Waals surface area contributed by atoms with Gasteiger partial charge in [0.05, 0.1) is 0 Å². The van der Waals surface area contributed by atoms with Gasteiger partial charge in [0, 0.05) is 5.75 Å². The summed E-state index contributed by atoms with van der Waals surface area (Å²) in [7, 11) is 0. The molecule has 0 aromatic heterocycles. The first-order valence-electron chi connectivity index (χ1n) is 5.74. The lowest BCUT2D eigenvalue weighted by Gasteiger charge is -1.98. The van der Waals surface area contributed by atoms with E-state index in [2.05, 4.69) is 67.7 Å². The number of fused-ring (bicyclic) bond motifs is 3. The van der Waals surface area contributed by atoms with Crippen molar-refractivity contribution in [2.24, 2.45) is 0 Å². The highest BCUT2D eigenvalue weighted by molar-refractivity contribution is 7.80. The number of hydrogen-bond donors (Lipinski definition) is 1. The molecule has 0 unspecified atom stereocenters. The van der Waals surface area contributed by atoms with Crippen molar-refractivity contribution in [3.05, 3.63) is 72.3 Å². The Morgan fingerprint density at radius 1 is 0.941 bits per heavy atom. The molecule has 17 heavy (non-hydrogen) atoms. The van der Waals surface area contributed by atoms with E-state index in [9.17, 15) is 0 Å². The third-order valence-electron chi connectivity index (χ3n) is 2.83.